The predicted molar refractivity (Wildman–Crippen MR) is 69.4 cm³/mol. The van der Waals surface area contributed by atoms with Gasteiger partial charge >= 0.3 is 5.97 Å². The molecule has 1 aliphatic rings. The lowest BCUT2D eigenvalue weighted by molar-refractivity contribution is -0.149. The lowest BCUT2D eigenvalue weighted by atomic mass is 10.1. The number of rotatable bonds is 3. The number of nitrogens with zero attached hydrogens (tertiary/aromatic N) is 1. The highest BCUT2D eigenvalue weighted by Gasteiger charge is 2.47. The summed E-state index contributed by atoms with van der Waals surface area (Å²) in [5.74, 6) is -2.15. The van der Waals surface area contributed by atoms with Gasteiger partial charge in [0.2, 0.25) is 5.67 Å². The normalized spacial score (nSPS) is 23.0. The average Bonchev–Trinajstić information content (AvgIpc) is 2.94. The highest BCUT2D eigenvalue weighted by molar-refractivity contribution is 7.92. The summed E-state index contributed by atoms with van der Waals surface area (Å²) in [6, 6.07) is 1.22. The Morgan fingerprint density at radius 2 is 2.15 bits per heavy atom. The van der Waals surface area contributed by atoms with Gasteiger partial charge in [-0.1, -0.05) is 0 Å². The molecule has 1 aromatic heterocycles. The highest BCUT2D eigenvalue weighted by atomic mass is 32.2. The van der Waals surface area contributed by atoms with Gasteiger partial charge in [0.05, 0.1) is 12.1 Å². The van der Waals surface area contributed by atoms with Crippen LogP contribution >= 0.6 is 11.3 Å². The van der Waals surface area contributed by atoms with Gasteiger partial charge < -0.3 is 10.0 Å². The van der Waals surface area contributed by atoms with E-state index in [1.807, 2.05) is 0 Å². The van der Waals surface area contributed by atoms with E-state index in [2.05, 4.69) is 0 Å². The van der Waals surface area contributed by atoms with Gasteiger partial charge in [0.15, 0.2) is 9.84 Å². The maximum absolute atomic E-state index is 13.9. The Morgan fingerprint density at radius 1 is 1.50 bits per heavy atom. The van der Waals surface area contributed by atoms with Crippen molar-refractivity contribution in [3.05, 3.63) is 17.0 Å². The van der Waals surface area contributed by atoms with Gasteiger partial charge in [-0.15, -0.1) is 11.3 Å². The zero-order valence-electron chi connectivity index (χ0n) is 10.5. The lowest BCUT2D eigenvalue weighted by Gasteiger charge is -2.16. The van der Waals surface area contributed by atoms with Crippen LogP contribution in [-0.4, -0.2) is 55.3 Å². The van der Waals surface area contributed by atoms with Crippen LogP contribution < -0.4 is 0 Å². The van der Waals surface area contributed by atoms with Crippen molar-refractivity contribution in [2.45, 2.75) is 16.3 Å². The third kappa shape index (κ3) is 2.68. The summed E-state index contributed by atoms with van der Waals surface area (Å²) in [4.78, 5) is 23.9. The first-order chi connectivity index (χ1) is 9.13. The quantitative estimate of drug-likeness (QED) is 0.888. The summed E-state index contributed by atoms with van der Waals surface area (Å²) in [7, 11) is -3.40. The first-order valence-corrected chi connectivity index (χ1v) is 8.41. The van der Waals surface area contributed by atoms with E-state index < -0.39 is 33.9 Å². The summed E-state index contributed by atoms with van der Waals surface area (Å²) in [5.41, 5.74) is -2.30. The molecule has 20 heavy (non-hydrogen) atoms. The third-order valence-corrected chi connectivity index (χ3v) is 5.85. The third-order valence-electron chi connectivity index (χ3n) is 3.08. The summed E-state index contributed by atoms with van der Waals surface area (Å²) < 4.78 is 36.6. The highest BCUT2D eigenvalue weighted by Crippen LogP contribution is 2.28. The van der Waals surface area contributed by atoms with Gasteiger partial charge in [-0.3, -0.25) is 4.79 Å². The molecule has 0 bridgehead atoms. The van der Waals surface area contributed by atoms with Crippen LogP contribution in [0.4, 0.5) is 4.39 Å². The van der Waals surface area contributed by atoms with E-state index in [1.165, 1.54) is 11.4 Å². The van der Waals surface area contributed by atoms with Crippen LogP contribution in [-0.2, 0) is 14.6 Å². The molecule has 0 aromatic carbocycles. The molecule has 0 aliphatic carbocycles. The molecule has 0 spiro atoms. The van der Waals surface area contributed by atoms with Gasteiger partial charge in [0.1, 0.15) is 4.21 Å². The number of sulfone groups is 1. The topological polar surface area (TPSA) is 91.8 Å². The fourth-order valence-corrected chi connectivity index (χ4v) is 3.72. The Balaban J connectivity index is 2.18. The second kappa shape index (κ2) is 4.81. The summed E-state index contributed by atoms with van der Waals surface area (Å²) in [6.45, 7) is -0.531. The zero-order valence-corrected chi connectivity index (χ0v) is 12.1. The molecule has 0 saturated carbocycles. The maximum atomic E-state index is 13.9. The number of carbonyl (C=O) groups excluding carboxylic acids is 1. The average molecular weight is 321 g/mol. The number of hydrogen-bond donors (Lipinski definition) is 1. The monoisotopic (exact) mass is 321 g/mol. The lowest BCUT2D eigenvalue weighted by Crippen LogP contribution is -2.38. The van der Waals surface area contributed by atoms with Gasteiger partial charge in [-0.2, -0.15) is 0 Å². The maximum Gasteiger partial charge on any atom is 0.343 e. The number of hydrogen-bond acceptors (Lipinski definition) is 5. The van der Waals surface area contributed by atoms with E-state index in [0.717, 1.165) is 22.5 Å². The molecule has 110 valence electrons. The minimum atomic E-state index is -3.40. The molecule has 1 atom stereocenters. The van der Waals surface area contributed by atoms with Gasteiger partial charge in [-0.25, -0.2) is 17.6 Å². The second-order valence-corrected chi connectivity index (χ2v) is 7.83. The molecule has 9 heteroatoms. The summed E-state index contributed by atoms with van der Waals surface area (Å²) in [6.07, 6.45) is 0.761. The van der Waals surface area contributed by atoms with Crippen molar-refractivity contribution < 1.29 is 27.5 Å². The van der Waals surface area contributed by atoms with E-state index >= 15 is 0 Å². The molecule has 1 fully saturated rings. The van der Waals surface area contributed by atoms with Gasteiger partial charge in [-0.05, 0) is 6.07 Å². The first-order valence-electron chi connectivity index (χ1n) is 5.64. The van der Waals surface area contributed by atoms with E-state index in [0.29, 0.717) is 0 Å². The van der Waals surface area contributed by atoms with Crippen LogP contribution in [0.5, 0.6) is 0 Å². The molecular formula is C11H12FNO5S2. The van der Waals surface area contributed by atoms with E-state index in [9.17, 15) is 22.4 Å². The smallest absolute Gasteiger partial charge is 0.343 e. The van der Waals surface area contributed by atoms with Crippen LogP contribution in [0.1, 0.15) is 16.8 Å². The van der Waals surface area contributed by atoms with Crippen molar-refractivity contribution in [1.82, 2.24) is 4.90 Å². The second-order valence-electron chi connectivity index (χ2n) is 4.67. The first kappa shape index (κ1) is 14.9. The fraction of sp³-hybridized carbons (Fsp3) is 0.455. The van der Waals surface area contributed by atoms with Gasteiger partial charge in [0.25, 0.3) is 5.91 Å². The summed E-state index contributed by atoms with van der Waals surface area (Å²) in [5, 5.41) is 10.1. The number of aliphatic carboxylic acids is 1. The Labute approximate surface area is 118 Å². The summed E-state index contributed by atoms with van der Waals surface area (Å²) >= 11 is 0.904. The largest absolute Gasteiger partial charge is 0.479 e. The molecule has 1 aliphatic heterocycles. The number of carboxylic acid groups (broad SMARTS) is 1. The molecular weight excluding hydrogens is 309 g/mol. The number of alkyl halides is 1. The number of likely N-dealkylation sites (tertiary alicyclic amines) is 1. The van der Waals surface area contributed by atoms with Gasteiger partial charge in [0, 0.05) is 24.6 Å². The number of halogens is 1. The molecule has 6 nitrogen and oxygen atoms in total. The Kier molecular flexibility index (Phi) is 3.59. The van der Waals surface area contributed by atoms with E-state index in [4.69, 9.17) is 5.11 Å². The van der Waals surface area contributed by atoms with Crippen molar-refractivity contribution in [2.24, 2.45) is 0 Å². The molecule has 0 radical (unpaired) electrons. The van der Waals surface area contributed by atoms with Crippen molar-refractivity contribution in [2.75, 3.05) is 19.3 Å². The van der Waals surface area contributed by atoms with E-state index in [1.54, 1.807) is 0 Å². The number of amides is 1. The van der Waals surface area contributed by atoms with Crippen molar-refractivity contribution >= 4 is 33.1 Å². The zero-order chi connectivity index (χ0) is 15.1. The SMILES string of the molecule is CS(=O)(=O)c1cc(C(=O)N2CCC(F)(C(=O)O)C2)cs1. The van der Waals surface area contributed by atoms with Crippen molar-refractivity contribution in [3.8, 4) is 0 Å². The van der Waals surface area contributed by atoms with Crippen LogP contribution in [0.2, 0.25) is 0 Å². The van der Waals surface area contributed by atoms with Crippen LogP contribution in [0.25, 0.3) is 0 Å². The van der Waals surface area contributed by atoms with E-state index in [-0.39, 0.29) is 22.7 Å². The number of carbonyl (C=O) groups is 2. The standard InChI is InChI=1S/C11H12FNO5S2/c1-20(17,18)8-4-7(5-19-8)9(14)13-3-2-11(12,6-13)10(15)16/h4-5H,2-3,6H2,1H3,(H,15,16). The molecule has 1 amide bonds. The minimum absolute atomic E-state index is 0.00825. The minimum Gasteiger partial charge on any atom is -0.479 e. The number of carboxylic acids is 1. The molecule has 2 rings (SSSR count). The molecule has 2 heterocycles. The fourth-order valence-electron chi connectivity index (χ4n) is 1.93. The molecule has 1 aromatic rings. The number of thiophene rings is 1. The Bertz CT molecular complexity index is 668. The molecule has 1 unspecified atom stereocenters. The predicted octanol–water partition coefficient (Wildman–Crippen LogP) is 0.790. The Morgan fingerprint density at radius 3 is 2.60 bits per heavy atom. The van der Waals surface area contributed by atoms with Crippen molar-refractivity contribution in [3.63, 3.8) is 0 Å². The molecule has 1 saturated heterocycles. The van der Waals surface area contributed by atoms with Crippen LogP contribution in [0.3, 0.4) is 0 Å². The van der Waals surface area contributed by atoms with Crippen molar-refractivity contribution in [1.29, 1.82) is 0 Å². The Hall–Kier alpha value is -1.48. The van der Waals surface area contributed by atoms with Crippen LogP contribution in [0.15, 0.2) is 15.7 Å². The van der Waals surface area contributed by atoms with Crippen LogP contribution in [0, 0.1) is 0 Å². The molecule has 1 N–H and O–H groups in total.